The van der Waals surface area contributed by atoms with Crippen molar-refractivity contribution in [1.29, 1.82) is 0 Å². The summed E-state index contributed by atoms with van der Waals surface area (Å²) >= 11 is 0. The largest absolute Gasteiger partial charge is 0.350 e. The lowest BCUT2D eigenvalue weighted by Gasteiger charge is -2.28. The van der Waals surface area contributed by atoms with Crippen molar-refractivity contribution in [1.82, 2.24) is 0 Å². The van der Waals surface area contributed by atoms with Crippen LogP contribution >= 0.6 is 0 Å². The van der Waals surface area contributed by atoms with Gasteiger partial charge in [0.1, 0.15) is 0 Å². The van der Waals surface area contributed by atoms with Crippen molar-refractivity contribution in [2.45, 2.75) is 56.9 Å². The van der Waals surface area contributed by atoms with Crippen LogP contribution in [0.5, 0.6) is 0 Å². The summed E-state index contributed by atoms with van der Waals surface area (Å²) in [7, 11) is 3.30. The van der Waals surface area contributed by atoms with E-state index in [9.17, 15) is 0 Å². The van der Waals surface area contributed by atoms with Crippen molar-refractivity contribution in [3.05, 3.63) is 23.8 Å². The van der Waals surface area contributed by atoms with Gasteiger partial charge in [0.15, 0.2) is 5.79 Å². The molecule has 0 aromatic heterocycles. The average molecular weight is 264 g/mol. The first-order valence-corrected chi connectivity index (χ1v) is 6.99. The van der Waals surface area contributed by atoms with Gasteiger partial charge in [-0.25, -0.2) is 0 Å². The molecule has 0 unspecified atom stereocenters. The standard InChI is InChI=1S/C15H24N2O2/c1-11(15(2,18-3)19-4)7-5-6-8-12-13-9-10-14(12)17-16-13/h8,13-14H,1,5-7,9-10H2,2-4H3/t13-,14+. The summed E-state index contributed by atoms with van der Waals surface area (Å²) in [6.07, 6.45) is 7.70. The minimum absolute atomic E-state index is 0.386. The first kappa shape index (κ1) is 14.4. The Morgan fingerprint density at radius 2 is 1.89 bits per heavy atom. The third-order valence-electron chi connectivity index (χ3n) is 4.31. The monoisotopic (exact) mass is 264 g/mol. The average Bonchev–Trinajstić information content (AvgIpc) is 3.01. The van der Waals surface area contributed by atoms with Crippen LogP contribution in [0, 0.1) is 0 Å². The van der Waals surface area contributed by atoms with Crippen molar-refractivity contribution < 1.29 is 9.47 Å². The van der Waals surface area contributed by atoms with E-state index in [1.165, 1.54) is 18.4 Å². The summed E-state index contributed by atoms with van der Waals surface area (Å²) in [5, 5.41) is 8.53. The SMILES string of the molecule is C=C(CCCC=C1[C@@H]2CC[C@H]1N=N2)C(C)(OC)OC. The lowest BCUT2D eigenvalue weighted by Crippen LogP contribution is -2.31. The summed E-state index contributed by atoms with van der Waals surface area (Å²) in [6.45, 7) is 5.98. The number of azo groups is 1. The third-order valence-corrected chi connectivity index (χ3v) is 4.31. The van der Waals surface area contributed by atoms with Gasteiger partial charge in [0, 0.05) is 14.2 Å². The van der Waals surface area contributed by atoms with Gasteiger partial charge in [0.05, 0.1) is 12.1 Å². The number of hydrogen-bond donors (Lipinski definition) is 0. The zero-order valence-electron chi connectivity index (χ0n) is 12.2. The Kier molecular flexibility index (Phi) is 4.53. The van der Waals surface area contributed by atoms with Gasteiger partial charge in [0.2, 0.25) is 0 Å². The molecule has 0 spiro atoms. The molecule has 1 fully saturated rings. The van der Waals surface area contributed by atoms with E-state index in [1.807, 2.05) is 6.92 Å². The maximum atomic E-state index is 5.36. The molecule has 4 nitrogen and oxygen atoms in total. The summed E-state index contributed by atoms with van der Waals surface area (Å²) in [4.78, 5) is 0. The molecule has 0 aromatic carbocycles. The number of allylic oxidation sites excluding steroid dienone is 1. The highest BCUT2D eigenvalue weighted by Gasteiger charge is 2.34. The quantitative estimate of drug-likeness (QED) is 0.400. The Bertz CT molecular complexity index is 381. The molecule has 106 valence electrons. The van der Waals surface area contributed by atoms with Gasteiger partial charge in [-0.2, -0.15) is 10.2 Å². The van der Waals surface area contributed by atoms with Crippen LogP contribution in [0.15, 0.2) is 34.0 Å². The van der Waals surface area contributed by atoms with E-state index in [-0.39, 0.29) is 0 Å². The maximum Gasteiger partial charge on any atom is 0.186 e. The lowest BCUT2D eigenvalue weighted by atomic mass is 10.0. The highest BCUT2D eigenvalue weighted by molar-refractivity contribution is 5.26. The van der Waals surface area contributed by atoms with E-state index in [0.29, 0.717) is 12.1 Å². The number of nitrogens with zero attached hydrogens (tertiary/aromatic N) is 2. The summed E-state index contributed by atoms with van der Waals surface area (Å²) in [5.74, 6) is -0.663. The van der Waals surface area contributed by atoms with Crippen LogP contribution in [0.25, 0.3) is 0 Å². The van der Waals surface area contributed by atoms with Crippen molar-refractivity contribution in [3.8, 4) is 0 Å². The fourth-order valence-electron chi connectivity index (χ4n) is 2.74. The second kappa shape index (κ2) is 5.97. The molecule has 1 aliphatic heterocycles. The van der Waals surface area contributed by atoms with Crippen molar-refractivity contribution in [2.24, 2.45) is 10.2 Å². The molecule has 2 rings (SSSR count). The normalized spacial score (nSPS) is 27.4. The fourth-order valence-corrected chi connectivity index (χ4v) is 2.74. The predicted octanol–water partition coefficient (Wildman–Crippen LogP) is 3.65. The number of ether oxygens (including phenoxy) is 2. The third kappa shape index (κ3) is 2.95. The summed E-state index contributed by atoms with van der Waals surface area (Å²) in [6, 6.07) is 0.771. The van der Waals surface area contributed by atoms with Crippen LogP contribution in [0.1, 0.15) is 39.0 Å². The maximum absolute atomic E-state index is 5.36. The van der Waals surface area contributed by atoms with E-state index < -0.39 is 5.79 Å². The zero-order valence-corrected chi connectivity index (χ0v) is 12.2. The Morgan fingerprint density at radius 3 is 2.37 bits per heavy atom. The molecular formula is C15H24N2O2. The predicted molar refractivity (Wildman–Crippen MR) is 75.2 cm³/mol. The molecule has 0 radical (unpaired) electrons. The van der Waals surface area contributed by atoms with E-state index in [1.54, 1.807) is 14.2 Å². The van der Waals surface area contributed by atoms with Crippen molar-refractivity contribution in [3.63, 3.8) is 0 Å². The molecule has 2 atom stereocenters. The molecule has 0 saturated heterocycles. The van der Waals surface area contributed by atoms with E-state index in [2.05, 4.69) is 22.9 Å². The first-order valence-electron chi connectivity index (χ1n) is 6.99. The van der Waals surface area contributed by atoms with Gasteiger partial charge in [-0.15, -0.1) is 0 Å². The Balaban J connectivity index is 1.76. The topological polar surface area (TPSA) is 43.2 Å². The molecular weight excluding hydrogens is 240 g/mol. The van der Waals surface area contributed by atoms with E-state index in [4.69, 9.17) is 9.47 Å². The minimum atomic E-state index is -0.663. The fraction of sp³-hybridized carbons (Fsp3) is 0.733. The van der Waals surface area contributed by atoms with Crippen LogP contribution in [0.3, 0.4) is 0 Å². The van der Waals surface area contributed by atoms with Crippen LogP contribution in [-0.4, -0.2) is 32.1 Å². The van der Waals surface area contributed by atoms with Gasteiger partial charge in [0.25, 0.3) is 0 Å². The van der Waals surface area contributed by atoms with E-state index >= 15 is 0 Å². The highest BCUT2D eigenvalue weighted by atomic mass is 16.7. The Labute approximate surface area is 115 Å². The van der Waals surface area contributed by atoms with Crippen molar-refractivity contribution >= 4 is 0 Å². The zero-order chi connectivity index (χ0) is 13.9. The number of rotatable bonds is 7. The molecule has 0 amide bonds. The van der Waals surface area contributed by atoms with Gasteiger partial charge >= 0.3 is 0 Å². The Hall–Kier alpha value is -1.00. The first-order chi connectivity index (χ1) is 9.10. The minimum Gasteiger partial charge on any atom is -0.350 e. The molecule has 19 heavy (non-hydrogen) atoms. The molecule has 1 saturated carbocycles. The van der Waals surface area contributed by atoms with Gasteiger partial charge in [-0.3, -0.25) is 0 Å². The van der Waals surface area contributed by atoms with Crippen molar-refractivity contribution in [2.75, 3.05) is 14.2 Å². The lowest BCUT2D eigenvalue weighted by molar-refractivity contribution is -0.165. The molecule has 0 N–H and O–H groups in total. The van der Waals surface area contributed by atoms with Crippen LogP contribution in [0.4, 0.5) is 0 Å². The number of fused-ring (bicyclic) bond motifs is 2. The van der Waals surface area contributed by atoms with Gasteiger partial charge < -0.3 is 9.47 Å². The van der Waals surface area contributed by atoms with Crippen LogP contribution in [0.2, 0.25) is 0 Å². The summed E-state index contributed by atoms with van der Waals surface area (Å²) < 4.78 is 10.7. The van der Waals surface area contributed by atoms with Crippen LogP contribution < -0.4 is 0 Å². The number of unbranched alkanes of at least 4 members (excludes halogenated alkanes) is 1. The van der Waals surface area contributed by atoms with E-state index in [0.717, 1.165) is 24.8 Å². The molecule has 4 heteroatoms. The number of hydrogen-bond acceptors (Lipinski definition) is 4. The molecule has 1 heterocycles. The second-order valence-corrected chi connectivity index (χ2v) is 5.39. The van der Waals surface area contributed by atoms with Gasteiger partial charge in [-0.05, 0) is 50.2 Å². The smallest absolute Gasteiger partial charge is 0.186 e. The second-order valence-electron chi connectivity index (χ2n) is 5.39. The van der Waals surface area contributed by atoms with Crippen LogP contribution in [-0.2, 0) is 9.47 Å². The summed E-state index contributed by atoms with van der Waals surface area (Å²) in [5.41, 5.74) is 2.42. The number of methoxy groups -OCH3 is 2. The molecule has 2 bridgehead atoms. The molecule has 1 aliphatic carbocycles. The molecule has 0 aromatic rings. The molecule has 2 aliphatic rings. The van der Waals surface area contributed by atoms with Gasteiger partial charge in [-0.1, -0.05) is 12.7 Å². The Morgan fingerprint density at radius 1 is 1.32 bits per heavy atom. The highest BCUT2D eigenvalue weighted by Crippen LogP contribution is 2.37.